The van der Waals surface area contributed by atoms with Crippen LogP contribution in [0.25, 0.3) is 0 Å². The maximum atomic E-state index is 13.7. The maximum absolute atomic E-state index is 13.7. The summed E-state index contributed by atoms with van der Waals surface area (Å²) in [5, 5.41) is 4.30. The van der Waals surface area contributed by atoms with Gasteiger partial charge in [-0.15, -0.1) is 0 Å². The van der Waals surface area contributed by atoms with E-state index in [2.05, 4.69) is 93.2 Å². The van der Waals surface area contributed by atoms with E-state index in [1.165, 1.54) is 38.5 Å². The first-order valence-electron chi connectivity index (χ1n) is 17.7. The van der Waals surface area contributed by atoms with E-state index >= 15 is 0 Å². The summed E-state index contributed by atoms with van der Waals surface area (Å²) in [6.45, 7) is 27.8. The Bertz CT molecular complexity index is 869. The Morgan fingerprint density at radius 1 is 0.705 bits per heavy atom. The molecule has 0 saturated carbocycles. The Hall–Kier alpha value is -0.384. The third-order valence-electron chi connectivity index (χ3n) is 9.86. The fraction of sp³-hybridized carbons (Fsp3) is 0.972. The zero-order valence-electron chi connectivity index (χ0n) is 30.7. The predicted molar refractivity (Wildman–Crippen MR) is 176 cm³/mol. The van der Waals surface area contributed by atoms with Crippen molar-refractivity contribution in [1.82, 2.24) is 10.1 Å². The molecule has 2 unspecified atom stereocenters. The van der Waals surface area contributed by atoms with Gasteiger partial charge in [-0.2, -0.15) is 0 Å². The first-order chi connectivity index (χ1) is 20.4. The number of carbonyl (C=O) groups excluding carboxylic acids is 1. The number of rotatable bonds is 18. The third kappa shape index (κ3) is 11.4. The summed E-state index contributed by atoms with van der Waals surface area (Å²) < 4.78 is 19.7. The molecule has 0 N–H and O–H groups in total. The normalized spacial score (nSPS) is 24.1. The van der Waals surface area contributed by atoms with Crippen LogP contribution in [0.4, 0.5) is 0 Å². The average Bonchev–Trinajstić information content (AvgIpc) is 2.89. The van der Waals surface area contributed by atoms with Crippen molar-refractivity contribution in [2.75, 3.05) is 13.2 Å². The van der Waals surface area contributed by atoms with Gasteiger partial charge in [-0.3, -0.25) is 0 Å². The number of ether oxygens (including phenoxy) is 1. The molecule has 263 valence electrons. The van der Waals surface area contributed by atoms with Crippen LogP contribution in [0.15, 0.2) is 0 Å². The minimum atomic E-state index is -1.73. The molecule has 44 heavy (non-hydrogen) atoms. The molecule has 2 fully saturated rings. The Labute approximate surface area is 275 Å². The molecule has 0 bridgehead atoms. The number of hydrogen-bond acceptors (Lipinski definition) is 7. The summed E-state index contributed by atoms with van der Waals surface area (Å²) in [6, 6.07) is 0. The van der Waals surface area contributed by atoms with Crippen molar-refractivity contribution in [3.05, 3.63) is 0 Å². The fourth-order valence-corrected chi connectivity index (χ4v) is 9.96. The van der Waals surface area contributed by atoms with Gasteiger partial charge < -0.3 is 0 Å². The van der Waals surface area contributed by atoms with Crippen molar-refractivity contribution in [2.45, 2.75) is 199 Å². The SMILES string of the molecule is CCCCC(CC)CON1C(C)(C)CC(OC(=O)[CH2][Co](=[O])[CH]2CC(C)(C)N(OCC(CC)CCCC)C(C)(C)C2)CC1(C)C. The van der Waals surface area contributed by atoms with Gasteiger partial charge >= 0.3 is 263 Å². The number of hydroxylamine groups is 4. The van der Waals surface area contributed by atoms with Crippen molar-refractivity contribution >= 4 is 5.97 Å². The molecule has 0 spiro atoms. The van der Waals surface area contributed by atoms with Gasteiger partial charge in [0, 0.05) is 0 Å². The second kappa shape index (κ2) is 17.1. The van der Waals surface area contributed by atoms with Gasteiger partial charge in [0.2, 0.25) is 0 Å². The molecule has 2 aliphatic rings. The molecule has 7 nitrogen and oxygen atoms in total. The number of hydrogen-bond donors (Lipinski definition) is 0. The van der Waals surface area contributed by atoms with Gasteiger partial charge in [0.1, 0.15) is 0 Å². The summed E-state index contributed by atoms with van der Waals surface area (Å²) in [6.07, 6.45) is 12.1. The van der Waals surface area contributed by atoms with Crippen molar-refractivity contribution < 1.29 is 36.7 Å². The molecule has 0 radical (unpaired) electrons. The zero-order valence-corrected chi connectivity index (χ0v) is 31.7. The summed E-state index contributed by atoms with van der Waals surface area (Å²) in [4.78, 5) is 26.2. The van der Waals surface area contributed by atoms with E-state index in [9.17, 15) is 8.66 Å². The van der Waals surface area contributed by atoms with E-state index in [0.29, 0.717) is 24.7 Å². The van der Waals surface area contributed by atoms with E-state index in [1.807, 2.05) is 0 Å². The number of nitrogens with zero attached hydrogens (tertiary/aromatic N) is 2. The summed E-state index contributed by atoms with van der Waals surface area (Å²) in [7, 11) is 0. The van der Waals surface area contributed by atoms with Crippen LogP contribution >= 0.6 is 0 Å². The molecule has 0 amide bonds. The first-order valence-corrected chi connectivity index (χ1v) is 19.5. The molecule has 8 heteroatoms. The van der Waals surface area contributed by atoms with Crippen molar-refractivity contribution in [2.24, 2.45) is 11.8 Å². The number of unbranched alkanes of at least 4 members (excludes halogenated alkanes) is 2. The molecular weight excluding hydrogens is 599 g/mol. The monoisotopic (exact) mass is 669 g/mol. The molecular formula is C36H70CoN2O5. The molecule has 0 aromatic rings. The number of piperidine rings is 2. The van der Waals surface area contributed by atoms with Gasteiger partial charge in [-0.25, -0.2) is 0 Å². The molecule has 2 aliphatic heterocycles. The van der Waals surface area contributed by atoms with Gasteiger partial charge in [0.15, 0.2) is 0 Å². The van der Waals surface area contributed by atoms with E-state index < -0.39 is 13.6 Å². The van der Waals surface area contributed by atoms with E-state index in [4.69, 9.17) is 14.4 Å². The third-order valence-corrected chi connectivity index (χ3v) is 11.9. The topological polar surface area (TPSA) is 68.3 Å². The summed E-state index contributed by atoms with van der Waals surface area (Å²) in [5.74, 6) is 0.774. The van der Waals surface area contributed by atoms with Crippen LogP contribution in [0.3, 0.4) is 0 Å². The van der Waals surface area contributed by atoms with Gasteiger partial charge in [0.25, 0.3) is 0 Å². The summed E-state index contributed by atoms with van der Waals surface area (Å²) in [5.41, 5.74) is -1.13. The van der Waals surface area contributed by atoms with Gasteiger partial charge in [-0.05, 0) is 0 Å². The van der Waals surface area contributed by atoms with Crippen LogP contribution in [0, 0.1) is 11.8 Å². The number of carbonyl (C=O) groups is 1. The van der Waals surface area contributed by atoms with E-state index in [-0.39, 0.29) is 44.4 Å². The molecule has 2 rings (SSSR count). The van der Waals surface area contributed by atoms with Crippen LogP contribution in [0.2, 0.25) is 10.2 Å². The Morgan fingerprint density at radius 3 is 1.45 bits per heavy atom. The quantitative estimate of drug-likeness (QED) is 0.135. The molecule has 2 atom stereocenters. The predicted octanol–water partition coefficient (Wildman–Crippen LogP) is 9.67. The Balaban J connectivity index is 1.97. The van der Waals surface area contributed by atoms with Crippen LogP contribution in [0.1, 0.15) is 160 Å². The van der Waals surface area contributed by atoms with Crippen LogP contribution in [-0.4, -0.2) is 57.6 Å². The van der Waals surface area contributed by atoms with Gasteiger partial charge in [-0.1, -0.05) is 13.3 Å². The number of esters is 1. The summed E-state index contributed by atoms with van der Waals surface area (Å²) >= 11 is -1.73. The molecule has 2 saturated heterocycles. The van der Waals surface area contributed by atoms with E-state index in [0.717, 1.165) is 38.9 Å². The second-order valence-electron chi connectivity index (χ2n) is 16.2. The fourth-order valence-electron chi connectivity index (χ4n) is 7.76. The molecule has 0 aromatic carbocycles. The molecule has 2 heterocycles. The minimum absolute atomic E-state index is 0.0210. The van der Waals surface area contributed by atoms with Crippen molar-refractivity contribution in [3.63, 3.8) is 0 Å². The second-order valence-corrected chi connectivity index (χ2v) is 18.4. The average molecular weight is 670 g/mol. The van der Waals surface area contributed by atoms with Gasteiger partial charge in [0.05, 0.1) is 0 Å². The zero-order chi connectivity index (χ0) is 33.3. The van der Waals surface area contributed by atoms with Crippen LogP contribution in [-0.2, 0) is 36.7 Å². The van der Waals surface area contributed by atoms with Crippen molar-refractivity contribution in [1.29, 1.82) is 0 Å². The van der Waals surface area contributed by atoms with Crippen LogP contribution in [0.5, 0.6) is 0 Å². The Kier molecular flexibility index (Phi) is 15.5. The standard InChI is InChI=1S/C19H36NO3.C17H34NO.Co.O/c1-8-10-11-16(9-2)14-22-20-18(4,5)12-17(23-15(3)21)13-19(20,6)7;1-7-9-11-15(8-2)14-19-18-16(3,4)12-10-13-17(18,5)6;;/h16-17H,3,8-14H2,1-2,4-7H3;10,15H,7-9,11-14H2,1-6H3;;. The molecule has 0 aromatic heterocycles. The Morgan fingerprint density at radius 2 is 1.09 bits per heavy atom. The molecule has 0 aliphatic carbocycles. The first kappa shape index (κ1) is 39.8. The van der Waals surface area contributed by atoms with Crippen LogP contribution < -0.4 is 0 Å². The van der Waals surface area contributed by atoms with Crippen molar-refractivity contribution in [3.8, 4) is 0 Å². The van der Waals surface area contributed by atoms with E-state index in [1.54, 1.807) is 0 Å².